The molecule has 0 fully saturated rings. The lowest BCUT2D eigenvalue weighted by atomic mass is 10.2. The summed E-state index contributed by atoms with van der Waals surface area (Å²) in [6, 6.07) is 14.2. The van der Waals surface area contributed by atoms with E-state index in [0.29, 0.717) is 18.0 Å². The molecular weight excluding hydrogens is 456 g/mol. The Morgan fingerprint density at radius 2 is 1.97 bits per heavy atom. The van der Waals surface area contributed by atoms with Crippen LogP contribution in [0.25, 0.3) is 16.3 Å². The largest absolute Gasteiger partial charge is 0.465 e. The molecule has 2 aromatic carbocycles. The SMILES string of the molecule is CC(=O)OCCSc1nc2ccc(NC(=O)CS(=O)(=O)C=Cc3ccccc3)cc2s1. The van der Waals surface area contributed by atoms with E-state index in [4.69, 9.17) is 4.74 Å². The van der Waals surface area contributed by atoms with Gasteiger partial charge in [0, 0.05) is 23.8 Å². The van der Waals surface area contributed by atoms with Gasteiger partial charge in [0.1, 0.15) is 12.4 Å². The minimum absolute atomic E-state index is 0.310. The van der Waals surface area contributed by atoms with Crippen LogP contribution in [-0.2, 0) is 24.2 Å². The number of aromatic nitrogens is 1. The normalized spacial score (nSPS) is 11.6. The van der Waals surface area contributed by atoms with Gasteiger partial charge in [-0.05, 0) is 29.8 Å². The Bertz CT molecular complexity index is 1200. The Kier molecular flexibility index (Phi) is 7.83. The molecule has 31 heavy (non-hydrogen) atoms. The number of esters is 1. The second-order valence-corrected chi connectivity index (χ2v) is 10.7. The number of thioether (sulfide) groups is 1. The number of fused-ring (bicyclic) bond motifs is 1. The average Bonchev–Trinajstić information content (AvgIpc) is 3.12. The fourth-order valence-electron chi connectivity index (χ4n) is 2.53. The fourth-order valence-corrected chi connectivity index (χ4v) is 5.43. The number of ether oxygens (including phenoxy) is 1. The number of amides is 1. The van der Waals surface area contributed by atoms with Crippen molar-refractivity contribution in [1.29, 1.82) is 0 Å². The maximum Gasteiger partial charge on any atom is 0.302 e. The molecule has 162 valence electrons. The van der Waals surface area contributed by atoms with Gasteiger partial charge >= 0.3 is 5.97 Å². The van der Waals surface area contributed by atoms with E-state index in [1.807, 2.05) is 6.07 Å². The van der Waals surface area contributed by atoms with E-state index in [-0.39, 0.29) is 5.97 Å². The number of rotatable bonds is 9. The first-order chi connectivity index (χ1) is 14.8. The van der Waals surface area contributed by atoms with Crippen LogP contribution in [0.15, 0.2) is 58.3 Å². The van der Waals surface area contributed by atoms with Crippen LogP contribution in [0, 0.1) is 0 Å². The van der Waals surface area contributed by atoms with Crippen LogP contribution >= 0.6 is 23.1 Å². The van der Waals surface area contributed by atoms with Crippen molar-refractivity contribution in [1.82, 2.24) is 4.98 Å². The van der Waals surface area contributed by atoms with Gasteiger partial charge in [0.25, 0.3) is 0 Å². The van der Waals surface area contributed by atoms with Crippen molar-refractivity contribution < 1.29 is 22.7 Å². The van der Waals surface area contributed by atoms with Gasteiger partial charge < -0.3 is 10.1 Å². The summed E-state index contributed by atoms with van der Waals surface area (Å²) in [4.78, 5) is 27.5. The Morgan fingerprint density at radius 1 is 1.19 bits per heavy atom. The van der Waals surface area contributed by atoms with E-state index in [9.17, 15) is 18.0 Å². The molecule has 0 atom stereocenters. The van der Waals surface area contributed by atoms with E-state index in [1.165, 1.54) is 36.1 Å². The number of anilines is 1. The number of carbonyl (C=O) groups excluding carboxylic acids is 2. The molecule has 0 aliphatic carbocycles. The lowest BCUT2D eigenvalue weighted by molar-refractivity contribution is -0.140. The van der Waals surface area contributed by atoms with Crippen LogP contribution in [0.3, 0.4) is 0 Å². The molecule has 0 radical (unpaired) electrons. The molecule has 3 rings (SSSR count). The highest BCUT2D eigenvalue weighted by Crippen LogP contribution is 2.31. The molecule has 0 aliphatic heterocycles. The van der Waals surface area contributed by atoms with Crippen molar-refractivity contribution in [2.45, 2.75) is 11.3 Å². The van der Waals surface area contributed by atoms with E-state index in [0.717, 1.165) is 25.5 Å². The zero-order chi connectivity index (χ0) is 22.3. The molecule has 0 saturated carbocycles. The second kappa shape index (κ2) is 10.6. The molecule has 3 aromatic rings. The quantitative estimate of drug-likeness (QED) is 0.283. The summed E-state index contributed by atoms with van der Waals surface area (Å²) in [6.07, 6.45) is 1.46. The summed E-state index contributed by atoms with van der Waals surface area (Å²) in [5.74, 6) is -0.980. The van der Waals surface area contributed by atoms with E-state index in [2.05, 4.69) is 10.3 Å². The predicted molar refractivity (Wildman–Crippen MR) is 125 cm³/mol. The summed E-state index contributed by atoms with van der Waals surface area (Å²) < 4.78 is 31.0. The number of hydrogen-bond donors (Lipinski definition) is 1. The van der Waals surface area contributed by atoms with Crippen molar-refractivity contribution >= 4 is 66.8 Å². The van der Waals surface area contributed by atoms with Crippen molar-refractivity contribution in [3.63, 3.8) is 0 Å². The summed E-state index contributed by atoms with van der Waals surface area (Å²) >= 11 is 2.92. The van der Waals surface area contributed by atoms with Crippen LogP contribution in [0.4, 0.5) is 5.69 Å². The predicted octanol–water partition coefficient (Wildman–Crippen LogP) is 3.98. The third-order valence-electron chi connectivity index (χ3n) is 3.87. The number of sulfone groups is 1. The van der Waals surface area contributed by atoms with Crippen LogP contribution < -0.4 is 5.32 Å². The lowest BCUT2D eigenvalue weighted by Gasteiger charge is -2.04. The first-order valence-corrected chi connectivity index (χ1v) is 12.7. The first-order valence-electron chi connectivity index (χ1n) is 9.23. The van der Waals surface area contributed by atoms with Gasteiger partial charge in [0.2, 0.25) is 5.91 Å². The zero-order valence-corrected chi connectivity index (χ0v) is 19.1. The Balaban J connectivity index is 1.58. The summed E-state index contributed by atoms with van der Waals surface area (Å²) in [6.45, 7) is 1.67. The molecule has 0 aliphatic rings. The number of carbonyl (C=O) groups is 2. The van der Waals surface area contributed by atoms with E-state index < -0.39 is 21.5 Å². The molecule has 1 aromatic heterocycles. The third kappa shape index (κ3) is 7.50. The van der Waals surface area contributed by atoms with Crippen molar-refractivity contribution in [2.24, 2.45) is 0 Å². The van der Waals surface area contributed by atoms with Gasteiger partial charge in [-0.2, -0.15) is 0 Å². The molecule has 0 unspecified atom stereocenters. The topological polar surface area (TPSA) is 102 Å². The van der Waals surface area contributed by atoms with Gasteiger partial charge in [0.15, 0.2) is 14.2 Å². The number of nitrogens with one attached hydrogen (secondary N) is 1. The van der Waals surface area contributed by atoms with E-state index >= 15 is 0 Å². The standard InChI is InChI=1S/C21H20N2O5S3/c1-15(24)28-10-11-29-21-23-18-8-7-17(13-19(18)30-21)22-20(25)14-31(26,27)12-9-16-5-3-2-4-6-16/h2-9,12-13H,10-11,14H2,1H3,(H,22,25). The Hall–Kier alpha value is -2.69. The van der Waals surface area contributed by atoms with Crippen LogP contribution in [0.2, 0.25) is 0 Å². The Morgan fingerprint density at radius 3 is 2.71 bits per heavy atom. The van der Waals surface area contributed by atoms with Crippen LogP contribution in [-0.4, -0.2) is 43.4 Å². The maximum atomic E-state index is 12.2. The van der Waals surface area contributed by atoms with Crippen molar-refractivity contribution in [2.75, 3.05) is 23.4 Å². The summed E-state index contributed by atoms with van der Waals surface area (Å²) in [7, 11) is -3.70. The number of nitrogens with zero attached hydrogens (tertiary/aromatic N) is 1. The minimum atomic E-state index is -3.70. The van der Waals surface area contributed by atoms with Gasteiger partial charge in [-0.25, -0.2) is 13.4 Å². The summed E-state index contributed by atoms with van der Waals surface area (Å²) in [5, 5.41) is 3.67. The van der Waals surface area contributed by atoms with Gasteiger partial charge in [0.05, 0.1) is 10.2 Å². The fraction of sp³-hybridized carbons (Fsp3) is 0.190. The molecule has 0 bridgehead atoms. The smallest absolute Gasteiger partial charge is 0.302 e. The van der Waals surface area contributed by atoms with Crippen LogP contribution in [0.5, 0.6) is 0 Å². The van der Waals surface area contributed by atoms with Crippen LogP contribution in [0.1, 0.15) is 12.5 Å². The molecule has 0 spiro atoms. The molecular formula is C21H20N2O5S3. The molecule has 0 saturated heterocycles. The second-order valence-electron chi connectivity index (χ2n) is 6.42. The van der Waals surface area contributed by atoms with Crippen molar-refractivity contribution in [3.8, 4) is 0 Å². The molecule has 1 N–H and O–H groups in total. The van der Waals surface area contributed by atoms with Crippen molar-refractivity contribution in [3.05, 3.63) is 59.5 Å². The highest BCUT2D eigenvalue weighted by atomic mass is 32.2. The van der Waals surface area contributed by atoms with Gasteiger partial charge in [-0.15, -0.1) is 11.3 Å². The lowest BCUT2D eigenvalue weighted by Crippen LogP contribution is -2.21. The van der Waals surface area contributed by atoms with E-state index in [1.54, 1.807) is 42.5 Å². The average molecular weight is 477 g/mol. The first kappa shape index (κ1) is 23.0. The highest BCUT2D eigenvalue weighted by molar-refractivity contribution is 8.01. The Labute approximate surface area is 188 Å². The molecule has 7 nitrogen and oxygen atoms in total. The number of thiazole rings is 1. The molecule has 1 amide bonds. The molecule has 10 heteroatoms. The monoisotopic (exact) mass is 476 g/mol. The summed E-state index contributed by atoms with van der Waals surface area (Å²) in [5.41, 5.74) is 2.01. The van der Waals surface area contributed by atoms with Gasteiger partial charge in [-0.1, -0.05) is 42.1 Å². The zero-order valence-electron chi connectivity index (χ0n) is 16.6. The highest BCUT2D eigenvalue weighted by Gasteiger charge is 2.14. The number of hydrogen-bond acceptors (Lipinski definition) is 8. The molecule has 1 heterocycles. The number of benzene rings is 2. The third-order valence-corrected chi connectivity index (χ3v) is 7.21. The minimum Gasteiger partial charge on any atom is -0.465 e. The van der Waals surface area contributed by atoms with Gasteiger partial charge in [-0.3, -0.25) is 9.59 Å². The maximum absolute atomic E-state index is 12.2.